The molecule has 172 valence electrons. The van der Waals surface area contributed by atoms with Gasteiger partial charge >= 0.3 is 11.9 Å². The smallest absolute Gasteiger partial charge is 0.335 e. The Morgan fingerprint density at radius 1 is 1.18 bits per heavy atom. The van der Waals surface area contributed by atoms with Crippen LogP contribution in [0.4, 0.5) is 8.78 Å². The van der Waals surface area contributed by atoms with Gasteiger partial charge in [-0.2, -0.15) is 8.78 Å². The number of aliphatic hydroxyl groups is 1. The molecule has 3 rings (SSSR count). The van der Waals surface area contributed by atoms with Crippen LogP contribution in [-0.2, 0) is 11.2 Å². The summed E-state index contributed by atoms with van der Waals surface area (Å²) in [5, 5.41) is 19.1. The van der Waals surface area contributed by atoms with Crippen molar-refractivity contribution in [1.82, 2.24) is 4.90 Å². The van der Waals surface area contributed by atoms with E-state index in [4.69, 9.17) is 5.11 Å². The van der Waals surface area contributed by atoms with Crippen LogP contribution in [0.2, 0.25) is 0 Å². The molecule has 1 aliphatic rings. The number of benzene rings is 2. The second-order valence-corrected chi connectivity index (χ2v) is 7.89. The van der Waals surface area contributed by atoms with Crippen LogP contribution in [0.3, 0.4) is 0 Å². The van der Waals surface area contributed by atoms with Gasteiger partial charge in [0, 0.05) is 24.9 Å². The molecule has 2 atom stereocenters. The standard InChI is InChI=1S/C26H25F2NO4/c27-26(28)18-22(14-15-23(30)9-5-4-8-19-6-2-1-3-7-19)29(25(26)33)17-16-20-10-12-21(13-11-20)24(31)32/h1-3,6-7,10-15,22-23,30H,5,9,16-18H2,(H,31,32)/b15-14+/t22-,23-/m0/s1. The van der Waals surface area contributed by atoms with Crippen molar-refractivity contribution in [3.05, 3.63) is 83.4 Å². The minimum Gasteiger partial charge on any atom is -0.478 e. The molecule has 0 saturated carbocycles. The largest absolute Gasteiger partial charge is 0.478 e. The van der Waals surface area contributed by atoms with Crippen LogP contribution >= 0.6 is 0 Å². The van der Waals surface area contributed by atoms with Gasteiger partial charge in [-0.1, -0.05) is 54.3 Å². The lowest BCUT2D eigenvalue weighted by Crippen LogP contribution is -2.37. The number of carbonyl (C=O) groups is 2. The highest BCUT2D eigenvalue weighted by molar-refractivity contribution is 5.87. The van der Waals surface area contributed by atoms with Crippen LogP contribution in [0, 0.1) is 11.8 Å². The van der Waals surface area contributed by atoms with Crippen molar-refractivity contribution >= 4 is 11.9 Å². The van der Waals surface area contributed by atoms with E-state index >= 15 is 0 Å². The number of hydrogen-bond acceptors (Lipinski definition) is 3. The minimum absolute atomic E-state index is 0.0640. The van der Waals surface area contributed by atoms with Gasteiger partial charge in [0.1, 0.15) is 0 Å². The summed E-state index contributed by atoms with van der Waals surface area (Å²) in [7, 11) is 0. The molecule has 2 aromatic rings. The van der Waals surface area contributed by atoms with E-state index in [2.05, 4.69) is 11.8 Å². The van der Waals surface area contributed by atoms with Gasteiger partial charge in [0.25, 0.3) is 5.91 Å². The molecule has 0 radical (unpaired) electrons. The molecule has 1 aliphatic heterocycles. The van der Waals surface area contributed by atoms with Gasteiger partial charge in [-0.05, 0) is 42.7 Å². The third-order valence-electron chi connectivity index (χ3n) is 5.41. The number of amides is 1. The third-order valence-corrected chi connectivity index (χ3v) is 5.41. The van der Waals surface area contributed by atoms with Gasteiger partial charge in [-0.3, -0.25) is 4.79 Å². The zero-order valence-corrected chi connectivity index (χ0v) is 18.0. The van der Waals surface area contributed by atoms with Crippen molar-refractivity contribution in [2.24, 2.45) is 0 Å². The lowest BCUT2D eigenvalue weighted by molar-refractivity contribution is -0.148. The van der Waals surface area contributed by atoms with Crippen LogP contribution < -0.4 is 0 Å². The number of aromatic carboxylic acids is 1. The number of rotatable bonds is 8. The third kappa shape index (κ3) is 6.74. The molecule has 0 aliphatic carbocycles. The molecule has 5 nitrogen and oxygen atoms in total. The van der Waals surface area contributed by atoms with E-state index in [9.17, 15) is 23.5 Å². The van der Waals surface area contributed by atoms with Gasteiger partial charge < -0.3 is 15.1 Å². The van der Waals surface area contributed by atoms with Crippen LogP contribution in [-0.4, -0.2) is 51.6 Å². The number of hydrogen-bond donors (Lipinski definition) is 2. The van der Waals surface area contributed by atoms with Crippen molar-refractivity contribution in [1.29, 1.82) is 0 Å². The number of carboxylic acid groups (broad SMARTS) is 1. The molecule has 0 unspecified atom stereocenters. The molecular weight excluding hydrogens is 428 g/mol. The summed E-state index contributed by atoms with van der Waals surface area (Å²) in [4.78, 5) is 24.2. The SMILES string of the molecule is O=C(O)c1ccc(CCN2C(=O)C(F)(F)C[C@@H]2/C=C/[C@@H](O)CCC#Cc2ccccc2)cc1. The fraction of sp³-hybridized carbons (Fsp3) is 0.308. The van der Waals surface area contributed by atoms with Crippen molar-refractivity contribution in [3.63, 3.8) is 0 Å². The van der Waals surface area contributed by atoms with Gasteiger partial charge in [0.15, 0.2) is 0 Å². The molecule has 7 heteroatoms. The van der Waals surface area contributed by atoms with Crippen LogP contribution in [0.15, 0.2) is 66.7 Å². The second kappa shape index (κ2) is 10.9. The first-order valence-corrected chi connectivity index (χ1v) is 10.7. The summed E-state index contributed by atoms with van der Waals surface area (Å²) >= 11 is 0. The number of alkyl halides is 2. The summed E-state index contributed by atoms with van der Waals surface area (Å²) < 4.78 is 28.1. The zero-order chi connectivity index (χ0) is 23.8. The highest BCUT2D eigenvalue weighted by Crippen LogP contribution is 2.34. The number of aliphatic hydroxyl groups excluding tert-OH is 1. The number of likely N-dealkylation sites (tertiary alicyclic amines) is 1. The van der Waals surface area contributed by atoms with E-state index in [0.717, 1.165) is 16.0 Å². The molecule has 2 aromatic carbocycles. The summed E-state index contributed by atoms with van der Waals surface area (Å²) in [6, 6.07) is 14.7. The predicted octanol–water partition coefficient (Wildman–Crippen LogP) is 3.91. The van der Waals surface area contributed by atoms with Crippen molar-refractivity contribution in [2.45, 2.75) is 43.8 Å². The lowest BCUT2D eigenvalue weighted by atomic mass is 10.1. The Bertz CT molecular complexity index is 1060. The van der Waals surface area contributed by atoms with Gasteiger partial charge in [0.2, 0.25) is 0 Å². The normalized spacial score (nSPS) is 18.2. The molecule has 1 heterocycles. The zero-order valence-electron chi connectivity index (χ0n) is 18.0. The van der Waals surface area contributed by atoms with Crippen LogP contribution in [0.5, 0.6) is 0 Å². The monoisotopic (exact) mass is 453 g/mol. The Kier molecular flexibility index (Phi) is 7.96. The number of nitrogens with zero attached hydrogens (tertiary/aromatic N) is 1. The summed E-state index contributed by atoms with van der Waals surface area (Å²) in [6.45, 7) is 0.0640. The lowest BCUT2D eigenvalue weighted by Gasteiger charge is -2.22. The maximum Gasteiger partial charge on any atom is 0.335 e. The summed E-state index contributed by atoms with van der Waals surface area (Å²) in [5.41, 5.74) is 1.75. The van der Waals surface area contributed by atoms with Crippen molar-refractivity contribution in [2.75, 3.05) is 6.54 Å². The number of carboxylic acids is 1. The van der Waals surface area contributed by atoms with Crippen LogP contribution in [0.1, 0.15) is 40.7 Å². The number of halogens is 2. The maximum atomic E-state index is 14.1. The Balaban J connectivity index is 1.56. The average Bonchev–Trinajstić information content (AvgIpc) is 3.02. The Morgan fingerprint density at radius 3 is 2.55 bits per heavy atom. The quantitative estimate of drug-likeness (QED) is 0.469. The summed E-state index contributed by atoms with van der Waals surface area (Å²) in [5.74, 6) is 0.232. The Labute approximate surface area is 191 Å². The van der Waals surface area contributed by atoms with E-state index in [1.54, 1.807) is 12.1 Å². The fourth-order valence-corrected chi connectivity index (χ4v) is 3.58. The Morgan fingerprint density at radius 2 is 1.88 bits per heavy atom. The van der Waals surface area contributed by atoms with Gasteiger partial charge in [-0.25, -0.2) is 4.79 Å². The average molecular weight is 453 g/mol. The molecule has 0 spiro atoms. The van der Waals surface area contributed by atoms with Gasteiger partial charge in [-0.15, -0.1) is 0 Å². The molecule has 1 amide bonds. The van der Waals surface area contributed by atoms with E-state index in [1.807, 2.05) is 30.3 Å². The Hall–Kier alpha value is -3.50. The molecule has 1 fully saturated rings. The van der Waals surface area contributed by atoms with Crippen molar-refractivity contribution < 1.29 is 28.6 Å². The van der Waals surface area contributed by atoms with Crippen molar-refractivity contribution in [3.8, 4) is 11.8 Å². The highest BCUT2D eigenvalue weighted by Gasteiger charge is 2.52. The minimum atomic E-state index is -3.45. The summed E-state index contributed by atoms with van der Waals surface area (Å²) in [6.07, 6.45) is 2.51. The highest BCUT2D eigenvalue weighted by atomic mass is 19.3. The molecule has 1 saturated heterocycles. The van der Waals surface area contributed by atoms with E-state index in [1.165, 1.54) is 24.3 Å². The molecule has 2 N–H and O–H groups in total. The van der Waals surface area contributed by atoms with Gasteiger partial charge in [0.05, 0.1) is 17.7 Å². The topological polar surface area (TPSA) is 77.8 Å². The fourth-order valence-electron chi connectivity index (χ4n) is 3.58. The molecule has 0 bridgehead atoms. The van der Waals surface area contributed by atoms with Crippen LogP contribution in [0.25, 0.3) is 0 Å². The van der Waals surface area contributed by atoms with E-state index < -0.39 is 36.4 Å². The van der Waals surface area contributed by atoms with E-state index in [-0.39, 0.29) is 12.1 Å². The first-order valence-electron chi connectivity index (χ1n) is 10.7. The van der Waals surface area contributed by atoms with E-state index in [0.29, 0.717) is 19.3 Å². The number of carbonyl (C=O) groups excluding carboxylic acids is 1. The predicted molar refractivity (Wildman–Crippen MR) is 120 cm³/mol. The first kappa shape index (κ1) is 24.1. The molecule has 0 aromatic heterocycles. The first-order chi connectivity index (χ1) is 15.8. The molecule has 33 heavy (non-hydrogen) atoms. The second-order valence-electron chi connectivity index (χ2n) is 7.89. The maximum absolute atomic E-state index is 14.1. The molecular formula is C26H25F2NO4.